The summed E-state index contributed by atoms with van der Waals surface area (Å²) in [5.41, 5.74) is 1.84. The maximum absolute atomic E-state index is 10.9. The van der Waals surface area contributed by atoms with Crippen molar-refractivity contribution in [3.63, 3.8) is 0 Å². The first-order valence-electron chi connectivity index (χ1n) is 6.32. The van der Waals surface area contributed by atoms with Gasteiger partial charge in [0.1, 0.15) is 5.75 Å². The Kier molecular flexibility index (Phi) is 5.20. The Morgan fingerprint density at radius 1 is 1.35 bits per heavy atom. The lowest BCUT2D eigenvalue weighted by Crippen LogP contribution is -2.00. The van der Waals surface area contributed by atoms with E-state index in [0.717, 1.165) is 32.6 Å². The predicted octanol–water partition coefficient (Wildman–Crippen LogP) is 4.59. The molecule has 2 aromatic rings. The first kappa shape index (κ1) is 15.1. The molecule has 106 valence electrons. The van der Waals surface area contributed by atoms with Gasteiger partial charge in [0.25, 0.3) is 0 Å². The van der Waals surface area contributed by atoms with Gasteiger partial charge in [0.2, 0.25) is 0 Å². The molecule has 0 spiro atoms. The highest BCUT2D eigenvalue weighted by molar-refractivity contribution is 9.10. The van der Waals surface area contributed by atoms with E-state index >= 15 is 0 Å². The molecule has 0 aliphatic heterocycles. The molecule has 0 radical (unpaired) electrons. The molecule has 0 atom stereocenters. The number of ether oxygens (including phenoxy) is 1. The number of hydrogen-bond acceptors (Lipinski definition) is 3. The van der Waals surface area contributed by atoms with Crippen LogP contribution < -0.4 is 4.74 Å². The molecule has 1 N–H and O–H groups in total. The van der Waals surface area contributed by atoms with Gasteiger partial charge < -0.3 is 9.84 Å². The molecule has 0 saturated carbocycles. The third kappa shape index (κ3) is 3.61. The van der Waals surface area contributed by atoms with Crippen LogP contribution >= 0.6 is 27.3 Å². The molecule has 1 aromatic carbocycles. The van der Waals surface area contributed by atoms with E-state index in [1.165, 1.54) is 0 Å². The molecule has 1 aromatic heterocycles. The zero-order chi connectivity index (χ0) is 14.5. The number of rotatable bonds is 6. The van der Waals surface area contributed by atoms with Crippen LogP contribution in [0, 0.1) is 0 Å². The summed E-state index contributed by atoms with van der Waals surface area (Å²) in [6, 6.07) is 7.77. The number of carboxylic acid groups (broad SMARTS) is 1. The molecular weight excluding hydrogens is 340 g/mol. The normalized spacial score (nSPS) is 10.5. The van der Waals surface area contributed by atoms with E-state index in [1.807, 2.05) is 29.6 Å². The molecule has 0 saturated heterocycles. The smallest absolute Gasteiger partial charge is 0.307 e. The average Bonchev–Trinajstić information content (AvgIpc) is 2.78. The van der Waals surface area contributed by atoms with Crippen molar-refractivity contribution in [1.29, 1.82) is 0 Å². The minimum absolute atomic E-state index is 0.0213. The molecule has 2 rings (SSSR count). The van der Waals surface area contributed by atoms with E-state index in [1.54, 1.807) is 11.3 Å². The number of aliphatic carboxylic acids is 1. The van der Waals surface area contributed by atoms with Gasteiger partial charge >= 0.3 is 5.97 Å². The fraction of sp³-hybridized carbons (Fsp3) is 0.267. The third-order valence-electron chi connectivity index (χ3n) is 2.76. The van der Waals surface area contributed by atoms with E-state index in [4.69, 9.17) is 9.84 Å². The zero-order valence-corrected chi connectivity index (χ0v) is 13.5. The van der Waals surface area contributed by atoms with Crippen molar-refractivity contribution in [2.24, 2.45) is 0 Å². The Morgan fingerprint density at radius 2 is 2.05 bits per heavy atom. The Balaban J connectivity index is 2.25. The van der Waals surface area contributed by atoms with Crippen molar-refractivity contribution < 1.29 is 14.6 Å². The van der Waals surface area contributed by atoms with Crippen LogP contribution in [-0.2, 0) is 11.2 Å². The first-order valence-corrected chi connectivity index (χ1v) is 8.00. The lowest BCUT2D eigenvalue weighted by atomic mass is 10.1. The van der Waals surface area contributed by atoms with Crippen LogP contribution in [0.15, 0.2) is 34.1 Å². The van der Waals surface area contributed by atoms with E-state index in [-0.39, 0.29) is 6.42 Å². The minimum Gasteiger partial charge on any atom is -0.494 e. The SMILES string of the molecule is CCCOc1ccc(-c2scc(Br)c2CC(=O)O)cc1. The van der Waals surface area contributed by atoms with Crippen LogP contribution in [0.1, 0.15) is 18.9 Å². The van der Waals surface area contributed by atoms with Crippen molar-refractivity contribution in [1.82, 2.24) is 0 Å². The number of thiophene rings is 1. The second-order valence-corrected chi connectivity index (χ2v) is 6.07. The molecule has 0 bridgehead atoms. The molecule has 0 amide bonds. The number of halogens is 1. The van der Waals surface area contributed by atoms with Gasteiger partial charge in [-0.15, -0.1) is 11.3 Å². The number of hydrogen-bond donors (Lipinski definition) is 1. The van der Waals surface area contributed by atoms with E-state index in [9.17, 15) is 4.79 Å². The summed E-state index contributed by atoms with van der Waals surface area (Å²) in [6.07, 6.45) is 0.996. The van der Waals surface area contributed by atoms with Gasteiger partial charge in [0.05, 0.1) is 13.0 Å². The maximum Gasteiger partial charge on any atom is 0.307 e. The second-order valence-electron chi connectivity index (χ2n) is 4.33. The lowest BCUT2D eigenvalue weighted by molar-refractivity contribution is -0.136. The van der Waals surface area contributed by atoms with Crippen LogP contribution in [0.25, 0.3) is 10.4 Å². The summed E-state index contributed by atoms with van der Waals surface area (Å²) in [7, 11) is 0. The van der Waals surface area contributed by atoms with Crippen LogP contribution in [0.4, 0.5) is 0 Å². The Hall–Kier alpha value is -1.33. The monoisotopic (exact) mass is 354 g/mol. The molecule has 20 heavy (non-hydrogen) atoms. The summed E-state index contributed by atoms with van der Waals surface area (Å²) < 4.78 is 6.40. The van der Waals surface area contributed by atoms with Crippen molar-refractivity contribution >= 4 is 33.2 Å². The van der Waals surface area contributed by atoms with Gasteiger partial charge in [-0.25, -0.2) is 0 Å². The Bertz CT molecular complexity index is 590. The Morgan fingerprint density at radius 3 is 2.65 bits per heavy atom. The molecule has 0 fully saturated rings. The average molecular weight is 355 g/mol. The molecular formula is C15H15BrO3S. The summed E-state index contributed by atoms with van der Waals surface area (Å²) in [5.74, 6) is 0.0132. The molecule has 5 heteroatoms. The van der Waals surface area contributed by atoms with Gasteiger partial charge in [0, 0.05) is 14.7 Å². The first-order chi connectivity index (χ1) is 9.61. The van der Waals surface area contributed by atoms with Crippen molar-refractivity contribution in [3.05, 3.63) is 39.7 Å². The van der Waals surface area contributed by atoms with E-state index in [2.05, 4.69) is 22.9 Å². The van der Waals surface area contributed by atoms with Gasteiger partial charge in [0.15, 0.2) is 0 Å². The topological polar surface area (TPSA) is 46.5 Å². The fourth-order valence-electron chi connectivity index (χ4n) is 1.84. The second kappa shape index (κ2) is 6.90. The highest BCUT2D eigenvalue weighted by Gasteiger charge is 2.14. The lowest BCUT2D eigenvalue weighted by Gasteiger charge is -2.06. The summed E-state index contributed by atoms with van der Waals surface area (Å²) in [6.45, 7) is 2.77. The predicted molar refractivity (Wildman–Crippen MR) is 84.6 cm³/mol. The van der Waals surface area contributed by atoms with Gasteiger partial charge in [-0.1, -0.05) is 6.92 Å². The fourth-order valence-corrected chi connectivity index (χ4v) is 3.55. The Labute approximate surface area is 130 Å². The van der Waals surface area contributed by atoms with Crippen molar-refractivity contribution in [2.45, 2.75) is 19.8 Å². The summed E-state index contributed by atoms with van der Waals surface area (Å²) >= 11 is 4.96. The summed E-state index contributed by atoms with van der Waals surface area (Å²) in [5, 5.41) is 10.9. The van der Waals surface area contributed by atoms with Crippen LogP contribution in [0.5, 0.6) is 5.75 Å². The number of carboxylic acids is 1. The minimum atomic E-state index is -0.826. The van der Waals surface area contributed by atoms with Gasteiger partial charge in [-0.05, 0) is 57.7 Å². The van der Waals surface area contributed by atoms with Crippen molar-refractivity contribution in [3.8, 4) is 16.2 Å². The van der Waals surface area contributed by atoms with Crippen molar-refractivity contribution in [2.75, 3.05) is 6.61 Å². The number of benzene rings is 1. The number of carbonyl (C=O) groups is 1. The van der Waals surface area contributed by atoms with Crippen LogP contribution in [-0.4, -0.2) is 17.7 Å². The van der Waals surface area contributed by atoms with Crippen LogP contribution in [0.3, 0.4) is 0 Å². The molecule has 0 unspecified atom stereocenters. The highest BCUT2D eigenvalue weighted by atomic mass is 79.9. The standard InChI is InChI=1S/C15H15BrO3S/c1-2-7-19-11-5-3-10(4-6-11)15-12(8-14(17)18)13(16)9-20-15/h3-6,9H,2,7-8H2,1H3,(H,17,18). The maximum atomic E-state index is 10.9. The molecule has 0 aliphatic carbocycles. The largest absolute Gasteiger partial charge is 0.494 e. The van der Waals surface area contributed by atoms with Gasteiger partial charge in [-0.2, -0.15) is 0 Å². The molecule has 3 nitrogen and oxygen atoms in total. The quantitative estimate of drug-likeness (QED) is 0.824. The summed E-state index contributed by atoms with van der Waals surface area (Å²) in [4.78, 5) is 11.9. The van der Waals surface area contributed by atoms with E-state index < -0.39 is 5.97 Å². The van der Waals surface area contributed by atoms with E-state index in [0.29, 0.717) is 6.61 Å². The van der Waals surface area contributed by atoms with Gasteiger partial charge in [-0.3, -0.25) is 4.79 Å². The molecule has 0 aliphatic rings. The van der Waals surface area contributed by atoms with Crippen LogP contribution in [0.2, 0.25) is 0 Å². The third-order valence-corrected chi connectivity index (χ3v) is 4.84. The zero-order valence-electron chi connectivity index (χ0n) is 11.1. The molecule has 1 heterocycles. The highest BCUT2D eigenvalue weighted by Crippen LogP contribution is 2.36.